The number of anilines is 1. The Kier molecular flexibility index (Phi) is 4.68. The summed E-state index contributed by atoms with van der Waals surface area (Å²) in [5, 5.41) is 0. The molecule has 2 aromatic carbocycles. The van der Waals surface area contributed by atoms with E-state index in [-0.39, 0.29) is 5.91 Å². The topological polar surface area (TPSA) is 46.6 Å². The molecule has 2 aromatic rings. The lowest BCUT2D eigenvalue weighted by Gasteiger charge is -2.30. The van der Waals surface area contributed by atoms with E-state index >= 15 is 0 Å². The number of carbonyl (C=O) groups excluding carboxylic acids is 2. The first kappa shape index (κ1) is 18.9. The number of amides is 2. The van der Waals surface area contributed by atoms with Gasteiger partial charge >= 0.3 is 6.09 Å². The van der Waals surface area contributed by atoms with Gasteiger partial charge in [-0.25, -0.2) is 9.69 Å². The fraction of sp³-hybridized carbons (Fsp3) is 0.304. The lowest BCUT2D eigenvalue weighted by molar-refractivity contribution is -0.121. The van der Waals surface area contributed by atoms with E-state index in [0.29, 0.717) is 12.1 Å². The van der Waals surface area contributed by atoms with E-state index in [1.165, 1.54) is 4.90 Å². The molecule has 0 N–H and O–H groups in total. The Morgan fingerprint density at radius 2 is 1.67 bits per heavy atom. The van der Waals surface area contributed by atoms with Crippen LogP contribution in [-0.2, 0) is 14.9 Å². The molecule has 0 saturated carbocycles. The van der Waals surface area contributed by atoms with E-state index in [1.807, 2.05) is 55.5 Å². The second kappa shape index (κ2) is 6.69. The third-order valence-corrected chi connectivity index (χ3v) is 4.58. The van der Waals surface area contributed by atoms with E-state index in [0.717, 1.165) is 16.7 Å². The number of ether oxygens (including phenoxy) is 1. The van der Waals surface area contributed by atoms with Gasteiger partial charge in [0, 0.05) is 0 Å². The Hall–Kier alpha value is -2.88. The van der Waals surface area contributed by atoms with Crippen LogP contribution < -0.4 is 4.90 Å². The first-order valence-corrected chi connectivity index (χ1v) is 9.04. The molecule has 0 radical (unpaired) electrons. The Balaban J connectivity index is 2.22. The van der Waals surface area contributed by atoms with Crippen LogP contribution in [0.25, 0.3) is 0 Å². The van der Waals surface area contributed by atoms with Crippen LogP contribution in [0.15, 0.2) is 66.7 Å². The number of allylic oxidation sites excluding steroid dienone is 1. The number of para-hydroxylation sites is 1. The van der Waals surface area contributed by atoms with Crippen LogP contribution >= 0.6 is 0 Å². The minimum atomic E-state index is -0.986. The number of rotatable bonds is 3. The van der Waals surface area contributed by atoms with Crippen LogP contribution in [0.2, 0.25) is 0 Å². The number of nitrogens with zero attached hydrogens (tertiary/aromatic N) is 1. The van der Waals surface area contributed by atoms with Gasteiger partial charge in [-0.15, -0.1) is 6.58 Å². The van der Waals surface area contributed by atoms with Crippen molar-refractivity contribution in [3.63, 3.8) is 0 Å². The molecular weight excluding hydrogens is 338 g/mol. The lowest BCUT2D eigenvalue weighted by atomic mass is 9.71. The number of benzene rings is 2. The highest BCUT2D eigenvalue weighted by atomic mass is 16.6. The van der Waals surface area contributed by atoms with Gasteiger partial charge in [-0.05, 0) is 51.3 Å². The largest absolute Gasteiger partial charge is 0.443 e. The molecule has 4 heteroatoms. The number of imide groups is 1. The van der Waals surface area contributed by atoms with E-state index in [1.54, 1.807) is 26.8 Å². The van der Waals surface area contributed by atoms with Gasteiger partial charge < -0.3 is 4.74 Å². The average molecular weight is 363 g/mol. The molecule has 4 nitrogen and oxygen atoms in total. The summed E-state index contributed by atoms with van der Waals surface area (Å²) in [6.45, 7) is 11.3. The van der Waals surface area contributed by atoms with Gasteiger partial charge in [0.25, 0.3) is 5.91 Å². The maximum Gasteiger partial charge on any atom is 0.421 e. The van der Waals surface area contributed by atoms with Crippen molar-refractivity contribution < 1.29 is 14.3 Å². The van der Waals surface area contributed by atoms with Crippen LogP contribution in [0.1, 0.15) is 45.2 Å². The second-order valence-electron chi connectivity index (χ2n) is 8.04. The first-order chi connectivity index (χ1) is 12.7. The third kappa shape index (κ3) is 3.27. The number of carbonyl (C=O) groups is 2. The first-order valence-electron chi connectivity index (χ1n) is 9.04. The average Bonchev–Trinajstić information content (AvgIpc) is 2.83. The van der Waals surface area contributed by atoms with Gasteiger partial charge in [-0.2, -0.15) is 0 Å². The quantitative estimate of drug-likeness (QED) is 0.702. The molecule has 2 amide bonds. The Labute approximate surface area is 160 Å². The fourth-order valence-corrected chi connectivity index (χ4v) is 3.66. The number of fused-ring (bicyclic) bond motifs is 1. The summed E-state index contributed by atoms with van der Waals surface area (Å²) < 4.78 is 5.53. The predicted molar refractivity (Wildman–Crippen MR) is 107 cm³/mol. The molecule has 27 heavy (non-hydrogen) atoms. The van der Waals surface area contributed by atoms with Crippen LogP contribution in [0.3, 0.4) is 0 Å². The van der Waals surface area contributed by atoms with Crippen LogP contribution in [-0.4, -0.2) is 17.6 Å². The summed E-state index contributed by atoms with van der Waals surface area (Å²) in [5.41, 5.74) is 1.40. The van der Waals surface area contributed by atoms with Crippen molar-refractivity contribution in [2.75, 3.05) is 4.90 Å². The second-order valence-corrected chi connectivity index (χ2v) is 8.04. The molecule has 1 aliphatic heterocycles. The van der Waals surface area contributed by atoms with Crippen molar-refractivity contribution in [3.8, 4) is 0 Å². The Morgan fingerprint density at radius 1 is 1.07 bits per heavy atom. The van der Waals surface area contributed by atoms with Crippen molar-refractivity contribution in [2.45, 2.75) is 45.1 Å². The normalized spacial score (nSPS) is 19.0. The van der Waals surface area contributed by atoms with Crippen molar-refractivity contribution in [3.05, 3.63) is 77.9 Å². The molecule has 1 unspecified atom stereocenters. The fourth-order valence-electron chi connectivity index (χ4n) is 3.66. The molecule has 0 spiro atoms. The SMILES string of the molecule is C=C(C)CC1(c2ccccc2)C(=O)N(C(=O)OC(C)(C)C)c2ccccc21. The molecular formula is C23H25NO3. The smallest absolute Gasteiger partial charge is 0.421 e. The third-order valence-electron chi connectivity index (χ3n) is 4.58. The Bertz CT molecular complexity index is 895. The summed E-state index contributed by atoms with van der Waals surface area (Å²) in [4.78, 5) is 27.8. The van der Waals surface area contributed by atoms with E-state index in [4.69, 9.17) is 4.74 Å². The minimum Gasteiger partial charge on any atom is -0.443 e. The monoisotopic (exact) mass is 363 g/mol. The zero-order valence-electron chi connectivity index (χ0n) is 16.3. The summed E-state index contributed by atoms with van der Waals surface area (Å²) in [5.74, 6) is -0.299. The molecule has 3 rings (SSSR count). The predicted octanol–water partition coefficient (Wildman–Crippen LogP) is 5.22. The van der Waals surface area contributed by atoms with Crippen molar-refractivity contribution >= 4 is 17.7 Å². The van der Waals surface area contributed by atoms with E-state index in [9.17, 15) is 9.59 Å². The zero-order chi connectivity index (χ0) is 19.8. The van der Waals surface area contributed by atoms with E-state index in [2.05, 4.69) is 6.58 Å². The Morgan fingerprint density at radius 3 is 2.26 bits per heavy atom. The highest BCUT2D eigenvalue weighted by Gasteiger charge is 2.54. The lowest BCUT2D eigenvalue weighted by Crippen LogP contribution is -2.46. The molecule has 1 heterocycles. The highest BCUT2D eigenvalue weighted by Crippen LogP contribution is 2.49. The molecule has 0 fully saturated rings. The summed E-state index contributed by atoms with van der Waals surface area (Å²) in [7, 11) is 0. The van der Waals surface area contributed by atoms with E-state index < -0.39 is 17.1 Å². The number of hydrogen-bond acceptors (Lipinski definition) is 3. The van der Waals surface area contributed by atoms with Crippen molar-refractivity contribution in [1.29, 1.82) is 0 Å². The maximum absolute atomic E-state index is 13.7. The van der Waals surface area contributed by atoms with Gasteiger partial charge in [0.15, 0.2) is 0 Å². The highest BCUT2D eigenvalue weighted by molar-refractivity contribution is 6.22. The molecule has 0 aliphatic carbocycles. The molecule has 0 aromatic heterocycles. The minimum absolute atomic E-state index is 0.299. The molecule has 0 saturated heterocycles. The zero-order valence-corrected chi connectivity index (χ0v) is 16.3. The summed E-state index contributed by atoms with van der Waals surface area (Å²) >= 11 is 0. The maximum atomic E-state index is 13.7. The van der Waals surface area contributed by atoms with Gasteiger partial charge in [-0.3, -0.25) is 4.79 Å². The van der Waals surface area contributed by atoms with Gasteiger partial charge in [0.05, 0.1) is 5.69 Å². The summed E-state index contributed by atoms with van der Waals surface area (Å²) in [6.07, 6.45) is -0.230. The van der Waals surface area contributed by atoms with Gasteiger partial charge in [0.2, 0.25) is 0 Å². The van der Waals surface area contributed by atoms with Crippen LogP contribution in [0, 0.1) is 0 Å². The number of hydrogen-bond donors (Lipinski definition) is 0. The standard InChI is InChI=1S/C23H25NO3/c1-16(2)15-23(17-11-7-6-8-12-17)18-13-9-10-14-19(18)24(20(23)25)21(26)27-22(3,4)5/h6-14H,1,15H2,2-5H3. The summed E-state index contributed by atoms with van der Waals surface area (Å²) in [6, 6.07) is 17.0. The van der Waals surface area contributed by atoms with Gasteiger partial charge in [0.1, 0.15) is 11.0 Å². The molecule has 140 valence electrons. The van der Waals surface area contributed by atoms with Gasteiger partial charge in [-0.1, -0.05) is 54.1 Å². The molecule has 1 atom stereocenters. The molecule has 0 bridgehead atoms. The van der Waals surface area contributed by atoms with Crippen LogP contribution in [0.5, 0.6) is 0 Å². The molecule has 1 aliphatic rings. The van der Waals surface area contributed by atoms with Crippen molar-refractivity contribution in [2.24, 2.45) is 0 Å². The van der Waals surface area contributed by atoms with Crippen LogP contribution in [0.4, 0.5) is 10.5 Å². The van der Waals surface area contributed by atoms with Crippen molar-refractivity contribution in [1.82, 2.24) is 0 Å².